The van der Waals surface area contributed by atoms with Gasteiger partial charge in [-0.25, -0.2) is 12.8 Å². The summed E-state index contributed by atoms with van der Waals surface area (Å²) in [5.74, 6) is 1.17. The number of sulfonamides is 1. The highest BCUT2D eigenvalue weighted by molar-refractivity contribution is 7.88. The molecule has 11 heteroatoms. The Kier molecular flexibility index (Phi) is 10.1. The Morgan fingerprint density at radius 2 is 1.75 bits per heavy atom. The summed E-state index contributed by atoms with van der Waals surface area (Å²) < 4.78 is 42.1. The number of hydrogen-bond acceptors (Lipinski definition) is 6. The fourth-order valence-electron chi connectivity index (χ4n) is 8.75. The summed E-state index contributed by atoms with van der Waals surface area (Å²) in [5.41, 5.74) is 4.32. The number of benzene rings is 1. The van der Waals surface area contributed by atoms with Crippen LogP contribution in [0.25, 0.3) is 16.6 Å². The number of hydrogen-bond donors (Lipinski definition) is 0. The molecule has 1 amide bonds. The normalized spacial score (nSPS) is 22.3. The minimum absolute atomic E-state index is 0.000735. The Balaban J connectivity index is 1.16. The Hall–Kier alpha value is -2.86. The monoisotopic (exact) mass is 680 g/mol. The number of halogens is 1. The first-order chi connectivity index (χ1) is 22.8. The lowest BCUT2D eigenvalue weighted by Crippen LogP contribution is -2.62. The highest BCUT2D eigenvalue weighted by Gasteiger charge is 2.45. The van der Waals surface area contributed by atoms with E-state index in [9.17, 15) is 17.6 Å². The molecule has 1 saturated carbocycles. The lowest BCUT2D eigenvalue weighted by Gasteiger charge is -2.55. The molecule has 0 radical (unpaired) electrons. The van der Waals surface area contributed by atoms with Crippen molar-refractivity contribution >= 4 is 26.8 Å². The first kappa shape index (κ1) is 35.0. The molecule has 3 aliphatic rings. The van der Waals surface area contributed by atoms with Gasteiger partial charge in [0.05, 0.1) is 29.2 Å². The molecular formula is C37H53FN6O3S. The summed E-state index contributed by atoms with van der Waals surface area (Å²) in [4.78, 5) is 25.2. The van der Waals surface area contributed by atoms with Gasteiger partial charge < -0.3 is 9.47 Å². The fourth-order valence-corrected chi connectivity index (χ4v) is 9.57. The van der Waals surface area contributed by atoms with Crippen molar-refractivity contribution in [2.24, 2.45) is 17.8 Å². The minimum atomic E-state index is -3.11. The second-order valence-corrected chi connectivity index (χ2v) is 17.0. The molecule has 1 aromatic carbocycles. The summed E-state index contributed by atoms with van der Waals surface area (Å²) >= 11 is 0. The van der Waals surface area contributed by atoms with E-state index in [4.69, 9.17) is 0 Å². The number of carbonyl (C=O) groups excluding carboxylic acids is 1. The Morgan fingerprint density at radius 1 is 1.06 bits per heavy atom. The van der Waals surface area contributed by atoms with E-state index in [1.54, 1.807) is 15.3 Å². The molecule has 48 heavy (non-hydrogen) atoms. The third kappa shape index (κ3) is 6.80. The van der Waals surface area contributed by atoms with Gasteiger partial charge in [0.2, 0.25) is 10.0 Å². The molecule has 0 N–H and O–H groups in total. The number of nitrogens with zero attached hydrogens (tertiary/aromatic N) is 6. The summed E-state index contributed by atoms with van der Waals surface area (Å²) in [6.45, 7) is 18.2. The van der Waals surface area contributed by atoms with Crippen LogP contribution in [0.4, 0.5) is 4.39 Å². The molecule has 1 atom stereocenters. The van der Waals surface area contributed by atoms with Crippen LogP contribution in [0, 0.1) is 30.5 Å². The Bertz CT molecular complexity index is 1740. The van der Waals surface area contributed by atoms with Gasteiger partial charge >= 0.3 is 0 Å². The SMILES string of the molecule is CCN(C(=O)c1cc(F)ccc1-n1cc(CC2CN(C(C(C)C)[C@H]3C[C@H](N4CCN(S(C)(=O)=O)CC4)C3)C2)c2c(C)cncc21)C(C)C. The second-order valence-electron chi connectivity index (χ2n) is 15.1. The van der Waals surface area contributed by atoms with Crippen LogP contribution in [0.3, 0.4) is 0 Å². The predicted octanol–water partition coefficient (Wildman–Crippen LogP) is 5.20. The summed E-state index contributed by atoms with van der Waals surface area (Å²) in [5, 5.41) is 1.17. The van der Waals surface area contributed by atoms with E-state index in [-0.39, 0.29) is 11.9 Å². The van der Waals surface area contributed by atoms with Crippen molar-refractivity contribution in [1.82, 2.24) is 28.6 Å². The van der Waals surface area contributed by atoms with Crippen molar-refractivity contribution in [1.29, 1.82) is 0 Å². The topological polar surface area (TPSA) is 82.0 Å². The molecule has 262 valence electrons. The highest BCUT2D eigenvalue weighted by Crippen LogP contribution is 2.42. The van der Waals surface area contributed by atoms with Crippen LogP contribution in [-0.4, -0.2) is 113 Å². The third-order valence-electron chi connectivity index (χ3n) is 11.1. The number of fused-ring (bicyclic) bond motifs is 1. The van der Waals surface area contributed by atoms with Gasteiger partial charge in [0.1, 0.15) is 5.82 Å². The number of rotatable bonds is 11. The molecule has 3 aromatic rings. The lowest BCUT2D eigenvalue weighted by molar-refractivity contribution is -0.0496. The average molecular weight is 681 g/mol. The van der Waals surface area contributed by atoms with Crippen LogP contribution in [0.2, 0.25) is 0 Å². The number of piperazine rings is 1. The van der Waals surface area contributed by atoms with Crippen molar-refractivity contribution in [2.75, 3.05) is 52.1 Å². The number of aromatic nitrogens is 2. The van der Waals surface area contributed by atoms with Gasteiger partial charge in [-0.2, -0.15) is 4.31 Å². The molecule has 2 aliphatic heterocycles. The van der Waals surface area contributed by atoms with E-state index in [0.717, 1.165) is 43.7 Å². The number of aryl methyl sites for hydroxylation is 1. The quantitative estimate of drug-likeness (QED) is 0.277. The summed E-state index contributed by atoms with van der Waals surface area (Å²) in [7, 11) is -3.11. The second kappa shape index (κ2) is 13.8. The molecule has 4 heterocycles. The van der Waals surface area contributed by atoms with Gasteiger partial charge in [-0.15, -0.1) is 0 Å². The van der Waals surface area contributed by atoms with Crippen LogP contribution in [-0.2, 0) is 16.4 Å². The van der Waals surface area contributed by atoms with E-state index < -0.39 is 15.8 Å². The van der Waals surface area contributed by atoms with Crippen molar-refractivity contribution in [2.45, 2.75) is 78.9 Å². The zero-order valence-corrected chi connectivity index (χ0v) is 30.5. The maximum absolute atomic E-state index is 14.6. The molecule has 3 fully saturated rings. The molecule has 2 saturated heterocycles. The Morgan fingerprint density at radius 3 is 2.35 bits per heavy atom. The van der Waals surface area contributed by atoms with Gasteiger partial charge in [0, 0.05) is 81.7 Å². The zero-order chi connectivity index (χ0) is 34.5. The number of likely N-dealkylation sites (tertiary alicyclic amines) is 1. The van der Waals surface area contributed by atoms with Gasteiger partial charge in [-0.05, 0) is 94.0 Å². The first-order valence-electron chi connectivity index (χ1n) is 17.7. The van der Waals surface area contributed by atoms with E-state index in [1.807, 2.05) is 37.7 Å². The van der Waals surface area contributed by atoms with E-state index in [1.165, 1.54) is 42.2 Å². The van der Waals surface area contributed by atoms with Crippen molar-refractivity contribution in [3.05, 3.63) is 59.3 Å². The maximum Gasteiger partial charge on any atom is 0.256 e. The van der Waals surface area contributed by atoms with Gasteiger partial charge in [0.15, 0.2) is 0 Å². The Labute approximate surface area is 286 Å². The van der Waals surface area contributed by atoms with Crippen LogP contribution < -0.4 is 0 Å². The lowest BCUT2D eigenvalue weighted by atomic mass is 9.69. The molecular weight excluding hydrogens is 628 g/mol. The molecule has 1 aliphatic carbocycles. The van der Waals surface area contributed by atoms with E-state index in [0.29, 0.717) is 60.7 Å². The van der Waals surface area contributed by atoms with E-state index in [2.05, 4.69) is 41.8 Å². The average Bonchev–Trinajstić information content (AvgIpc) is 3.35. The zero-order valence-electron chi connectivity index (χ0n) is 29.7. The molecule has 9 nitrogen and oxygen atoms in total. The molecule has 0 bridgehead atoms. The van der Waals surface area contributed by atoms with Crippen molar-refractivity contribution < 1.29 is 17.6 Å². The summed E-state index contributed by atoms with van der Waals surface area (Å²) in [6.07, 6.45) is 10.5. The van der Waals surface area contributed by atoms with Crippen LogP contribution in [0.15, 0.2) is 36.8 Å². The standard InChI is InChI=1S/C37H53FN6O3S/c1-8-43(25(4)5)37(45)32-18-30(38)9-10-33(32)44-23-29(35-26(6)19-39-20-34(35)44)15-27-21-41(22-27)36(24(2)3)28-16-31(17-28)40-11-13-42(14-12-40)48(7,46)47/h9-10,18-20,23-25,27-28,31,36H,8,11-17,21-22H2,1-7H3/t28-,31-,36?. The van der Waals surface area contributed by atoms with Crippen molar-refractivity contribution in [3.63, 3.8) is 0 Å². The van der Waals surface area contributed by atoms with Crippen LogP contribution >= 0.6 is 0 Å². The van der Waals surface area contributed by atoms with Gasteiger partial charge in [-0.1, -0.05) is 13.8 Å². The summed E-state index contributed by atoms with van der Waals surface area (Å²) in [6, 6.07) is 5.64. The van der Waals surface area contributed by atoms with E-state index >= 15 is 0 Å². The fraction of sp³-hybridized carbons (Fsp3) is 0.622. The third-order valence-corrected chi connectivity index (χ3v) is 12.4. The van der Waals surface area contributed by atoms with Gasteiger partial charge in [-0.3, -0.25) is 19.6 Å². The smallest absolute Gasteiger partial charge is 0.256 e. The molecule has 6 rings (SSSR count). The number of pyridine rings is 1. The van der Waals surface area contributed by atoms with Gasteiger partial charge in [0.25, 0.3) is 5.91 Å². The van der Waals surface area contributed by atoms with Crippen LogP contribution in [0.1, 0.15) is 68.9 Å². The highest BCUT2D eigenvalue weighted by atomic mass is 32.2. The van der Waals surface area contributed by atoms with Crippen LogP contribution in [0.5, 0.6) is 0 Å². The predicted molar refractivity (Wildman–Crippen MR) is 190 cm³/mol. The molecule has 2 aromatic heterocycles. The first-order valence-corrected chi connectivity index (χ1v) is 19.6. The minimum Gasteiger partial charge on any atom is -0.336 e. The maximum atomic E-state index is 14.6. The molecule has 1 unspecified atom stereocenters. The van der Waals surface area contributed by atoms with Crippen molar-refractivity contribution in [3.8, 4) is 5.69 Å². The molecule has 0 spiro atoms. The number of amides is 1. The number of carbonyl (C=O) groups is 1. The largest absolute Gasteiger partial charge is 0.336 e.